The van der Waals surface area contributed by atoms with Gasteiger partial charge >= 0.3 is 5.97 Å². The second-order valence-corrected chi connectivity index (χ2v) is 5.14. The van der Waals surface area contributed by atoms with E-state index in [9.17, 15) is 4.79 Å². The molecule has 7 nitrogen and oxygen atoms in total. The molecule has 0 aliphatic heterocycles. The lowest BCUT2D eigenvalue weighted by atomic mass is 10.2. The molecule has 0 bridgehead atoms. The van der Waals surface area contributed by atoms with Crippen LogP contribution in [0, 0.1) is 0 Å². The summed E-state index contributed by atoms with van der Waals surface area (Å²) in [6.45, 7) is 2.73. The predicted molar refractivity (Wildman–Crippen MR) is 78.5 cm³/mol. The smallest absolute Gasteiger partial charge is 0.313 e. The van der Waals surface area contributed by atoms with Gasteiger partial charge in [-0.2, -0.15) is 0 Å². The summed E-state index contributed by atoms with van der Waals surface area (Å²) in [5, 5.41) is 17.6. The van der Waals surface area contributed by atoms with E-state index in [4.69, 9.17) is 9.84 Å². The van der Waals surface area contributed by atoms with E-state index in [1.807, 2.05) is 17.6 Å². The molecule has 2 aromatic heterocycles. The summed E-state index contributed by atoms with van der Waals surface area (Å²) < 4.78 is 7.14. The maximum atomic E-state index is 10.7. The lowest BCUT2D eigenvalue weighted by molar-refractivity contribution is -0.133. The quantitative estimate of drug-likeness (QED) is 0.782. The molecule has 0 spiro atoms. The third kappa shape index (κ3) is 3.52. The van der Waals surface area contributed by atoms with Crippen LogP contribution >= 0.6 is 11.8 Å². The van der Waals surface area contributed by atoms with Crippen molar-refractivity contribution in [3.05, 3.63) is 18.3 Å². The fraction of sp³-hybridized carbons (Fsp3) is 0.385. The number of aliphatic carboxylic acids is 1. The highest BCUT2D eigenvalue weighted by atomic mass is 32.2. The van der Waals surface area contributed by atoms with Gasteiger partial charge in [0.05, 0.1) is 18.4 Å². The maximum Gasteiger partial charge on any atom is 0.313 e. The summed E-state index contributed by atoms with van der Waals surface area (Å²) in [7, 11) is 1.55. The Morgan fingerprint density at radius 1 is 1.48 bits per heavy atom. The zero-order chi connectivity index (χ0) is 15.2. The fourth-order valence-electron chi connectivity index (χ4n) is 1.87. The van der Waals surface area contributed by atoms with E-state index >= 15 is 0 Å². The Bertz CT molecular complexity index is 630. The average Bonchev–Trinajstić information content (AvgIpc) is 2.88. The van der Waals surface area contributed by atoms with Crippen molar-refractivity contribution in [3.63, 3.8) is 0 Å². The Morgan fingerprint density at radius 2 is 2.29 bits per heavy atom. The Balaban J connectivity index is 2.41. The molecule has 2 rings (SSSR count). The molecule has 1 N–H and O–H groups in total. The highest BCUT2D eigenvalue weighted by Crippen LogP contribution is 2.29. The van der Waals surface area contributed by atoms with Gasteiger partial charge in [-0.3, -0.25) is 4.79 Å². The van der Waals surface area contributed by atoms with E-state index in [2.05, 4.69) is 15.2 Å². The van der Waals surface area contributed by atoms with Crippen molar-refractivity contribution in [3.8, 4) is 17.3 Å². The van der Waals surface area contributed by atoms with Crippen LogP contribution in [0.5, 0.6) is 5.88 Å². The van der Waals surface area contributed by atoms with Crippen LogP contribution in [0.15, 0.2) is 23.5 Å². The molecule has 0 unspecified atom stereocenters. The van der Waals surface area contributed by atoms with Crippen molar-refractivity contribution in [2.45, 2.75) is 25.0 Å². The number of aromatic nitrogens is 4. The zero-order valence-corrected chi connectivity index (χ0v) is 12.6. The molecule has 8 heteroatoms. The summed E-state index contributed by atoms with van der Waals surface area (Å²) in [6.07, 6.45) is 2.53. The van der Waals surface area contributed by atoms with Crippen molar-refractivity contribution in [1.29, 1.82) is 0 Å². The second-order valence-electron chi connectivity index (χ2n) is 4.20. The minimum atomic E-state index is -0.883. The summed E-state index contributed by atoms with van der Waals surface area (Å²) in [5.74, 6) is 0.171. The van der Waals surface area contributed by atoms with E-state index in [-0.39, 0.29) is 5.75 Å². The van der Waals surface area contributed by atoms with E-state index in [0.717, 1.165) is 23.7 Å². The SMILES string of the molecule is CCCn1c(SCC(=O)O)nnc1-c1cccnc1OC. The van der Waals surface area contributed by atoms with Crippen molar-refractivity contribution >= 4 is 17.7 Å². The largest absolute Gasteiger partial charge is 0.481 e. The Labute approximate surface area is 126 Å². The number of ether oxygens (including phenoxy) is 1. The monoisotopic (exact) mass is 308 g/mol. The Morgan fingerprint density at radius 3 is 2.95 bits per heavy atom. The van der Waals surface area contributed by atoms with E-state index in [1.54, 1.807) is 19.4 Å². The van der Waals surface area contributed by atoms with E-state index in [0.29, 0.717) is 23.4 Å². The van der Waals surface area contributed by atoms with Crippen LogP contribution in [0.1, 0.15) is 13.3 Å². The number of carboxylic acids is 1. The predicted octanol–water partition coefficient (Wildman–Crippen LogP) is 1.94. The molecule has 0 saturated carbocycles. The number of hydrogen-bond donors (Lipinski definition) is 1. The minimum Gasteiger partial charge on any atom is -0.481 e. The molecular weight excluding hydrogens is 292 g/mol. The highest BCUT2D eigenvalue weighted by Gasteiger charge is 2.18. The third-order valence-electron chi connectivity index (χ3n) is 2.69. The van der Waals surface area contributed by atoms with Crippen LogP contribution < -0.4 is 4.74 Å². The molecule has 0 saturated heterocycles. The topological polar surface area (TPSA) is 90.1 Å². The summed E-state index contributed by atoms with van der Waals surface area (Å²) in [4.78, 5) is 14.9. The molecule has 21 heavy (non-hydrogen) atoms. The number of rotatable bonds is 7. The van der Waals surface area contributed by atoms with Gasteiger partial charge in [0.15, 0.2) is 11.0 Å². The van der Waals surface area contributed by atoms with E-state index < -0.39 is 5.97 Å². The molecule has 0 aliphatic carbocycles. The van der Waals surface area contributed by atoms with Gasteiger partial charge in [-0.05, 0) is 18.6 Å². The van der Waals surface area contributed by atoms with Crippen LogP contribution in [0.2, 0.25) is 0 Å². The first-order chi connectivity index (χ1) is 10.2. The Hall–Kier alpha value is -2.09. The molecule has 0 aromatic carbocycles. The van der Waals surface area contributed by atoms with Crippen molar-refractivity contribution in [2.24, 2.45) is 0 Å². The number of pyridine rings is 1. The van der Waals surface area contributed by atoms with Gasteiger partial charge in [-0.15, -0.1) is 10.2 Å². The average molecular weight is 308 g/mol. The van der Waals surface area contributed by atoms with Gasteiger partial charge < -0.3 is 14.4 Å². The van der Waals surface area contributed by atoms with Crippen LogP contribution in [0.25, 0.3) is 11.4 Å². The van der Waals surface area contributed by atoms with Crippen LogP contribution in [0.4, 0.5) is 0 Å². The Kier molecular flexibility index (Phi) is 5.15. The van der Waals surface area contributed by atoms with Crippen LogP contribution in [-0.4, -0.2) is 43.7 Å². The number of nitrogens with zero attached hydrogens (tertiary/aromatic N) is 4. The summed E-state index contributed by atoms with van der Waals surface area (Å²) in [6, 6.07) is 3.65. The number of carboxylic acid groups (broad SMARTS) is 1. The molecular formula is C13H16N4O3S. The van der Waals surface area contributed by atoms with Gasteiger partial charge in [-0.25, -0.2) is 4.98 Å². The number of carbonyl (C=O) groups is 1. The van der Waals surface area contributed by atoms with Crippen molar-refractivity contribution in [1.82, 2.24) is 19.7 Å². The first kappa shape index (κ1) is 15.3. The molecule has 0 atom stereocenters. The fourth-order valence-corrected chi connectivity index (χ4v) is 2.55. The van der Waals surface area contributed by atoms with Crippen molar-refractivity contribution < 1.29 is 14.6 Å². The molecule has 112 valence electrons. The third-order valence-corrected chi connectivity index (χ3v) is 3.65. The normalized spacial score (nSPS) is 10.6. The standard InChI is InChI=1S/C13H16N4O3S/c1-3-7-17-11(9-5-4-6-14-12(9)20-2)15-16-13(17)21-8-10(18)19/h4-6H,3,7-8H2,1-2H3,(H,18,19). The lowest BCUT2D eigenvalue weighted by Gasteiger charge is -2.10. The minimum absolute atomic E-state index is 0.0496. The molecule has 2 aromatic rings. The second kappa shape index (κ2) is 7.07. The van der Waals surface area contributed by atoms with Gasteiger partial charge in [0, 0.05) is 12.7 Å². The summed E-state index contributed by atoms with van der Waals surface area (Å²) >= 11 is 1.15. The molecule has 0 aliphatic rings. The van der Waals surface area contributed by atoms with E-state index in [1.165, 1.54) is 0 Å². The van der Waals surface area contributed by atoms with Crippen molar-refractivity contribution in [2.75, 3.05) is 12.9 Å². The lowest BCUT2D eigenvalue weighted by Crippen LogP contribution is -2.05. The first-order valence-electron chi connectivity index (χ1n) is 6.44. The molecule has 0 fully saturated rings. The number of methoxy groups -OCH3 is 1. The highest BCUT2D eigenvalue weighted by molar-refractivity contribution is 7.99. The number of hydrogen-bond acceptors (Lipinski definition) is 6. The zero-order valence-electron chi connectivity index (χ0n) is 11.8. The molecule has 2 heterocycles. The van der Waals surface area contributed by atoms with Gasteiger partial charge in [0.2, 0.25) is 5.88 Å². The first-order valence-corrected chi connectivity index (χ1v) is 7.43. The van der Waals surface area contributed by atoms with Gasteiger partial charge in [-0.1, -0.05) is 18.7 Å². The van der Waals surface area contributed by atoms with Crippen LogP contribution in [0.3, 0.4) is 0 Å². The number of thioether (sulfide) groups is 1. The van der Waals surface area contributed by atoms with Crippen LogP contribution in [-0.2, 0) is 11.3 Å². The molecule has 0 amide bonds. The molecule has 0 radical (unpaired) electrons. The van der Waals surface area contributed by atoms with Gasteiger partial charge in [0.25, 0.3) is 0 Å². The summed E-state index contributed by atoms with van der Waals surface area (Å²) in [5.41, 5.74) is 0.739. The maximum absolute atomic E-state index is 10.7. The van der Waals surface area contributed by atoms with Gasteiger partial charge in [0.1, 0.15) is 0 Å².